The lowest BCUT2D eigenvalue weighted by Gasteiger charge is -2.43. The second kappa shape index (κ2) is 13.5. The number of nitriles is 1. The van der Waals surface area contributed by atoms with Crippen LogP contribution >= 0.6 is 0 Å². The quantitative estimate of drug-likeness (QED) is 0.416. The van der Waals surface area contributed by atoms with E-state index in [-0.39, 0.29) is 17.9 Å². The van der Waals surface area contributed by atoms with E-state index in [0.29, 0.717) is 56.7 Å². The fourth-order valence-corrected chi connectivity index (χ4v) is 4.98. The van der Waals surface area contributed by atoms with E-state index in [1.165, 1.54) is 6.20 Å². The first kappa shape index (κ1) is 27.8. The molecule has 1 unspecified atom stereocenters. The highest BCUT2D eigenvalue weighted by molar-refractivity contribution is 5.97. The second-order valence-electron chi connectivity index (χ2n) is 9.58. The first-order chi connectivity index (χ1) is 19.0. The number of nitrogens with zero attached hydrogens (tertiary/aromatic N) is 4. The maximum atomic E-state index is 13.4. The molecule has 2 amide bonds. The highest BCUT2D eigenvalue weighted by atomic mass is 16.5. The van der Waals surface area contributed by atoms with Crippen LogP contribution in [0.3, 0.4) is 0 Å². The number of rotatable bonds is 10. The van der Waals surface area contributed by atoms with Crippen LogP contribution in [0.15, 0.2) is 73.1 Å². The first-order valence-corrected chi connectivity index (χ1v) is 13.1. The Hall–Kier alpha value is -4.26. The summed E-state index contributed by atoms with van der Waals surface area (Å²) in [5, 5.41) is 12.1. The van der Waals surface area contributed by atoms with Gasteiger partial charge in [-0.2, -0.15) is 5.26 Å². The predicted molar refractivity (Wildman–Crippen MR) is 148 cm³/mol. The number of amides is 2. The molecule has 1 saturated heterocycles. The Morgan fingerprint density at radius 2 is 1.95 bits per heavy atom. The lowest BCUT2D eigenvalue weighted by molar-refractivity contribution is -0.127. The van der Waals surface area contributed by atoms with E-state index >= 15 is 0 Å². The van der Waals surface area contributed by atoms with E-state index < -0.39 is 6.04 Å². The highest BCUT2D eigenvalue weighted by Crippen LogP contribution is 2.28. The van der Waals surface area contributed by atoms with E-state index in [1.54, 1.807) is 30.3 Å². The number of hydrogen-bond acceptors (Lipinski definition) is 7. The number of hydrogen-bond donors (Lipinski definition) is 2. The summed E-state index contributed by atoms with van der Waals surface area (Å²) in [5.74, 6) is 0.365. The molecule has 3 aromatic rings. The number of carbonyl (C=O) groups excluding carboxylic acids is 2. The molecule has 2 atom stereocenters. The third-order valence-electron chi connectivity index (χ3n) is 7.00. The van der Waals surface area contributed by atoms with Crippen LogP contribution in [0.5, 0.6) is 5.75 Å². The summed E-state index contributed by atoms with van der Waals surface area (Å²) in [5.41, 5.74) is 8.86. The number of pyridine rings is 1. The van der Waals surface area contributed by atoms with Gasteiger partial charge in [-0.25, -0.2) is 0 Å². The Bertz CT molecular complexity index is 1290. The summed E-state index contributed by atoms with van der Waals surface area (Å²) >= 11 is 0. The topological polar surface area (TPSA) is 125 Å². The van der Waals surface area contributed by atoms with Gasteiger partial charge < -0.3 is 20.7 Å². The number of nitrogens with one attached hydrogen (secondary N) is 1. The molecule has 3 N–H and O–H groups in total. The summed E-state index contributed by atoms with van der Waals surface area (Å²) in [6.07, 6.45) is 4.33. The molecule has 202 valence electrons. The van der Waals surface area contributed by atoms with Crippen LogP contribution in [0.25, 0.3) is 0 Å². The smallest absolute Gasteiger partial charge is 0.256 e. The normalized spacial score (nSPS) is 16.9. The monoisotopic (exact) mass is 526 g/mol. The lowest BCUT2D eigenvalue weighted by atomic mass is 9.93. The first-order valence-electron chi connectivity index (χ1n) is 13.1. The largest absolute Gasteiger partial charge is 0.497 e. The maximum absolute atomic E-state index is 13.4. The fourth-order valence-electron chi connectivity index (χ4n) is 4.98. The molecule has 0 radical (unpaired) electrons. The summed E-state index contributed by atoms with van der Waals surface area (Å²) < 4.78 is 5.43. The minimum Gasteiger partial charge on any atom is -0.497 e. The molecule has 9 heteroatoms. The molecule has 0 aliphatic carbocycles. The average molecular weight is 527 g/mol. The predicted octanol–water partition coefficient (Wildman–Crippen LogP) is 2.71. The molecule has 1 aromatic heterocycles. The van der Waals surface area contributed by atoms with Gasteiger partial charge in [0.1, 0.15) is 11.8 Å². The van der Waals surface area contributed by atoms with Gasteiger partial charge in [0.25, 0.3) is 5.91 Å². The Morgan fingerprint density at radius 1 is 1.15 bits per heavy atom. The van der Waals surface area contributed by atoms with E-state index in [1.807, 2.05) is 42.5 Å². The van der Waals surface area contributed by atoms with Crippen LogP contribution in [0.1, 0.15) is 39.9 Å². The molecular weight excluding hydrogens is 492 g/mol. The number of ether oxygens (including phenoxy) is 1. The highest BCUT2D eigenvalue weighted by Gasteiger charge is 2.38. The van der Waals surface area contributed by atoms with Crippen LogP contribution in [0.4, 0.5) is 0 Å². The lowest BCUT2D eigenvalue weighted by Crippen LogP contribution is -2.57. The van der Waals surface area contributed by atoms with Crippen molar-refractivity contribution in [1.82, 2.24) is 20.1 Å². The zero-order valence-corrected chi connectivity index (χ0v) is 22.1. The van der Waals surface area contributed by atoms with Crippen LogP contribution < -0.4 is 15.8 Å². The van der Waals surface area contributed by atoms with Gasteiger partial charge >= 0.3 is 0 Å². The van der Waals surface area contributed by atoms with Gasteiger partial charge in [-0.05, 0) is 60.4 Å². The van der Waals surface area contributed by atoms with Gasteiger partial charge in [-0.3, -0.25) is 19.5 Å². The van der Waals surface area contributed by atoms with Crippen molar-refractivity contribution in [3.8, 4) is 11.8 Å². The minimum absolute atomic E-state index is 0.0263. The molecule has 9 nitrogen and oxygen atoms in total. The van der Waals surface area contributed by atoms with Gasteiger partial charge in [-0.15, -0.1) is 0 Å². The maximum Gasteiger partial charge on any atom is 0.256 e. The van der Waals surface area contributed by atoms with Crippen molar-refractivity contribution in [2.75, 3.05) is 26.7 Å². The molecule has 0 spiro atoms. The molecule has 1 aliphatic rings. The molecular formula is C30H34N6O3. The molecule has 1 aliphatic heterocycles. The van der Waals surface area contributed by atoms with E-state index in [0.717, 1.165) is 16.9 Å². The van der Waals surface area contributed by atoms with Crippen molar-refractivity contribution in [2.24, 2.45) is 5.73 Å². The van der Waals surface area contributed by atoms with Gasteiger partial charge in [0.05, 0.1) is 24.3 Å². The molecule has 39 heavy (non-hydrogen) atoms. The molecule has 0 bridgehead atoms. The number of benzene rings is 2. The van der Waals surface area contributed by atoms with E-state index in [4.69, 9.17) is 10.5 Å². The second-order valence-corrected chi connectivity index (χ2v) is 9.58. The number of aromatic nitrogens is 1. The summed E-state index contributed by atoms with van der Waals surface area (Å²) in [6.45, 7) is 2.35. The SMILES string of the molecule is COc1cccc(CN(Cc2ccc(C#N)cc2)C2CCN(C(=O)c3cccnc3)[C@@H](C(=O)NCCN)C2)c1. The summed E-state index contributed by atoms with van der Waals surface area (Å²) in [6, 6.07) is 20.5. The van der Waals surface area contributed by atoms with Crippen molar-refractivity contribution < 1.29 is 14.3 Å². The van der Waals surface area contributed by atoms with Gasteiger partial charge in [0.15, 0.2) is 0 Å². The number of methoxy groups -OCH3 is 1. The zero-order chi connectivity index (χ0) is 27.6. The fraction of sp³-hybridized carbons (Fsp3) is 0.333. The van der Waals surface area contributed by atoms with Gasteiger partial charge in [0, 0.05) is 51.2 Å². The van der Waals surface area contributed by atoms with E-state index in [9.17, 15) is 14.9 Å². The third kappa shape index (κ3) is 7.19. The number of piperidine rings is 1. The molecule has 2 heterocycles. The van der Waals surface area contributed by atoms with Gasteiger partial charge in [-0.1, -0.05) is 24.3 Å². The Labute approximate surface area is 229 Å². The molecule has 0 saturated carbocycles. The number of likely N-dealkylation sites (tertiary alicyclic amines) is 1. The van der Waals surface area contributed by atoms with E-state index in [2.05, 4.69) is 27.3 Å². The third-order valence-corrected chi connectivity index (χ3v) is 7.00. The van der Waals surface area contributed by atoms with Crippen LogP contribution in [-0.4, -0.2) is 65.4 Å². The number of carbonyl (C=O) groups is 2. The van der Waals surface area contributed by atoms with Crippen molar-refractivity contribution in [3.63, 3.8) is 0 Å². The molecule has 4 rings (SSSR count). The Balaban J connectivity index is 1.61. The van der Waals surface area contributed by atoms with Crippen LogP contribution in [-0.2, 0) is 17.9 Å². The zero-order valence-electron chi connectivity index (χ0n) is 22.1. The van der Waals surface area contributed by atoms with Crippen LogP contribution in [0, 0.1) is 11.3 Å². The molecule has 1 fully saturated rings. The minimum atomic E-state index is -0.642. The van der Waals surface area contributed by atoms with Crippen molar-refractivity contribution in [1.29, 1.82) is 5.26 Å². The van der Waals surface area contributed by atoms with Crippen LogP contribution in [0.2, 0.25) is 0 Å². The number of nitrogens with two attached hydrogens (primary N) is 1. The van der Waals surface area contributed by atoms with Crippen molar-refractivity contribution in [3.05, 3.63) is 95.3 Å². The average Bonchev–Trinajstić information content (AvgIpc) is 2.99. The Kier molecular flexibility index (Phi) is 9.62. The standard InChI is InChI=1S/C30H34N6O3/c1-39-27-6-2-4-24(16-27)21-35(20-23-9-7-22(18-32)8-10-23)26-11-15-36(28(17-26)29(37)34-14-12-31)30(38)25-5-3-13-33-19-25/h2-10,13,16,19,26,28H,11-12,14-15,17,20-21,31H2,1H3,(H,34,37)/t26?,28-/m1/s1. The molecule has 2 aromatic carbocycles. The Morgan fingerprint density at radius 3 is 2.64 bits per heavy atom. The van der Waals surface area contributed by atoms with Crippen molar-refractivity contribution in [2.45, 2.75) is 38.0 Å². The summed E-state index contributed by atoms with van der Waals surface area (Å²) in [4.78, 5) is 34.8. The summed E-state index contributed by atoms with van der Waals surface area (Å²) in [7, 11) is 1.65. The van der Waals surface area contributed by atoms with Crippen molar-refractivity contribution >= 4 is 11.8 Å². The van der Waals surface area contributed by atoms with Gasteiger partial charge in [0.2, 0.25) is 5.91 Å².